The SMILES string of the molecule is C=C(C)/C=C/Cl. The van der Waals surface area contributed by atoms with E-state index in [0.717, 1.165) is 5.57 Å². The number of hydrogen-bond acceptors (Lipinski definition) is 0. The van der Waals surface area contributed by atoms with Crippen molar-refractivity contribution in [1.82, 2.24) is 0 Å². The van der Waals surface area contributed by atoms with Gasteiger partial charge in [-0.05, 0) is 13.0 Å². The predicted molar refractivity (Wildman–Crippen MR) is 29.8 cm³/mol. The van der Waals surface area contributed by atoms with Gasteiger partial charge >= 0.3 is 0 Å². The first-order valence-corrected chi connectivity index (χ1v) is 2.13. The average Bonchev–Trinajstić information content (AvgIpc) is 1.35. The maximum atomic E-state index is 5.16. The van der Waals surface area contributed by atoms with Crippen LogP contribution in [0.15, 0.2) is 23.8 Å². The van der Waals surface area contributed by atoms with E-state index in [-0.39, 0.29) is 0 Å². The van der Waals surface area contributed by atoms with Crippen LogP contribution in [0.3, 0.4) is 0 Å². The van der Waals surface area contributed by atoms with E-state index in [1.807, 2.05) is 6.92 Å². The van der Waals surface area contributed by atoms with Crippen LogP contribution < -0.4 is 0 Å². The molecular weight excluding hydrogens is 95.5 g/mol. The Morgan fingerprint density at radius 2 is 2.33 bits per heavy atom. The molecule has 0 saturated carbocycles. The molecular formula is C5H7Cl. The van der Waals surface area contributed by atoms with Crippen LogP contribution in [0.1, 0.15) is 6.92 Å². The summed E-state index contributed by atoms with van der Waals surface area (Å²) in [5, 5.41) is 0. The maximum absolute atomic E-state index is 5.16. The van der Waals surface area contributed by atoms with E-state index < -0.39 is 0 Å². The predicted octanol–water partition coefficient (Wildman–Crippen LogP) is 2.32. The molecule has 0 fully saturated rings. The monoisotopic (exact) mass is 102 g/mol. The second-order valence-electron chi connectivity index (χ2n) is 1.14. The van der Waals surface area contributed by atoms with E-state index in [9.17, 15) is 0 Å². The van der Waals surface area contributed by atoms with E-state index in [4.69, 9.17) is 11.6 Å². The molecule has 0 aliphatic heterocycles. The summed E-state index contributed by atoms with van der Waals surface area (Å²) in [4.78, 5) is 0. The highest BCUT2D eigenvalue weighted by molar-refractivity contribution is 6.25. The molecule has 0 nitrogen and oxygen atoms in total. The average molecular weight is 103 g/mol. The molecule has 0 aliphatic rings. The Morgan fingerprint density at radius 1 is 1.83 bits per heavy atom. The first kappa shape index (κ1) is 5.77. The first-order chi connectivity index (χ1) is 2.77. The Hall–Kier alpha value is -0.230. The normalized spacial score (nSPS) is 9.67. The molecule has 0 N–H and O–H groups in total. The van der Waals surface area contributed by atoms with Crippen molar-refractivity contribution in [3.63, 3.8) is 0 Å². The van der Waals surface area contributed by atoms with Crippen LogP contribution in [-0.4, -0.2) is 0 Å². The summed E-state index contributed by atoms with van der Waals surface area (Å²) in [7, 11) is 0. The number of halogens is 1. The lowest BCUT2D eigenvalue weighted by atomic mass is 10.4. The number of allylic oxidation sites excluding steroid dienone is 2. The zero-order valence-electron chi connectivity index (χ0n) is 3.74. The van der Waals surface area contributed by atoms with Gasteiger partial charge in [0.2, 0.25) is 0 Å². The van der Waals surface area contributed by atoms with Gasteiger partial charge in [-0.25, -0.2) is 0 Å². The summed E-state index contributed by atoms with van der Waals surface area (Å²) in [5.41, 5.74) is 2.42. The van der Waals surface area contributed by atoms with Crippen molar-refractivity contribution in [3.05, 3.63) is 23.8 Å². The van der Waals surface area contributed by atoms with Crippen LogP contribution in [0.5, 0.6) is 0 Å². The van der Waals surface area contributed by atoms with Crippen molar-refractivity contribution in [1.29, 1.82) is 0 Å². The van der Waals surface area contributed by atoms with Gasteiger partial charge in [0.1, 0.15) is 0 Å². The number of hydrogen-bond donors (Lipinski definition) is 0. The summed E-state index contributed by atoms with van der Waals surface area (Å²) >= 11 is 5.16. The lowest BCUT2D eigenvalue weighted by Gasteiger charge is -1.74. The first-order valence-electron chi connectivity index (χ1n) is 1.69. The van der Waals surface area contributed by atoms with Gasteiger partial charge in [0.05, 0.1) is 0 Å². The number of rotatable bonds is 1. The topological polar surface area (TPSA) is 0 Å². The molecule has 0 aromatic heterocycles. The summed E-state index contributed by atoms with van der Waals surface area (Å²) in [6.45, 7) is 5.46. The minimum absolute atomic E-state index is 0.977. The largest absolute Gasteiger partial charge is 0.0961 e. The zero-order valence-corrected chi connectivity index (χ0v) is 4.50. The van der Waals surface area contributed by atoms with Crippen molar-refractivity contribution in [2.75, 3.05) is 0 Å². The van der Waals surface area contributed by atoms with Gasteiger partial charge in [-0.2, -0.15) is 0 Å². The molecule has 0 spiro atoms. The van der Waals surface area contributed by atoms with Crippen LogP contribution >= 0.6 is 11.6 Å². The third-order valence-electron chi connectivity index (χ3n) is 0.348. The highest BCUT2D eigenvalue weighted by Crippen LogP contribution is 1.88. The molecule has 0 aromatic rings. The highest BCUT2D eigenvalue weighted by Gasteiger charge is 1.65. The molecule has 6 heavy (non-hydrogen) atoms. The quantitative estimate of drug-likeness (QED) is 0.446. The molecule has 0 heterocycles. The van der Waals surface area contributed by atoms with E-state index in [2.05, 4.69) is 6.58 Å². The van der Waals surface area contributed by atoms with Crippen LogP contribution in [0, 0.1) is 0 Å². The molecule has 1 heteroatoms. The Bertz CT molecular complexity index is 72.0. The van der Waals surface area contributed by atoms with Crippen LogP contribution in [0.2, 0.25) is 0 Å². The van der Waals surface area contributed by atoms with E-state index in [1.54, 1.807) is 6.08 Å². The molecule has 0 atom stereocenters. The lowest BCUT2D eigenvalue weighted by molar-refractivity contribution is 1.57. The molecule has 0 rings (SSSR count). The van der Waals surface area contributed by atoms with E-state index in [1.165, 1.54) is 5.54 Å². The molecule has 0 amide bonds. The van der Waals surface area contributed by atoms with Crippen molar-refractivity contribution in [2.45, 2.75) is 6.92 Å². The Balaban J connectivity index is 3.30. The molecule has 0 saturated heterocycles. The molecule has 0 aromatic carbocycles. The second kappa shape index (κ2) is 2.98. The fourth-order valence-electron chi connectivity index (χ4n) is 0.108. The minimum Gasteiger partial charge on any atom is -0.0961 e. The van der Waals surface area contributed by atoms with Crippen LogP contribution in [0.25, 0.3) is 0 Å². The van der Waals surface area contributed by atoms with Crippen LogP contribution in [0.4, 0.5) is 0 Å². The molecule has 0 unspecified atom stereocenters. The Kier molecular flexibility index (Phi) is 2.87. The third kappa shape index (κ3) is 3.77. The maximum Gasteiger partial charge on any atom is 0.00448 e. The lowest BCUT2D eigenvalue weighted by Crippen LogP contribution is -1.52. The molecule has 0 bridgehead atoms. The van der Waals surface area contributed by atoms with Crippen molar-refractivity contribution < 1.29 is 0 Å². The summed E-state index contributed by atoms with van der Waals surface area (Å²) in [6, 6.07) is 0. The third-order valence-corrected chi connectivity index (χ3v) is 0.474. The summed E-state index contributed by atoms with van der Waals surface area (Å²) in [5.74, 6) is 0. The summed E-state index contributed by atoms with van der Waals surface area (Å²) < 4.78 is 0. The standard InChI is InChI=1S/C5H7Cl/c1-5(2)3-4-6/h3-4H,1H2,2H3/b4-3+. The smallest absolute Gasteiger partial charge is 0.00448 e. The molecule has 0 radical (unpaired) electrons. The second-order valence-corrected chi connectivity index (χ2v) is 1.39. The van der Waals surface area contributed by atoms with Crippen LogP contribution in [-0.2, 0) is 0 Å². The van der Waals surface area contributed by atoms with Gasteiger partial charge < -0.3 is 0 Å². The van der Waals surface area contributed by atoms with Crippen molar-refractivity contribution in [3.8, 4) is 0 Å². The van der Waals surface area contributed by atoms with Crippen molar-refractivity contribution in [2.24, 2.45) is 0 Å². The van der Waals surface area contributed by atoms with Gasteiger partial charge in [0.25, 0.3) is 0 Å². The molecule has 0 aliphatic carbocycles. The van der Waals surface area contributed by atoms with Gasteiger partial charge in [-0.3, -0.25) is 0 Å². The molecule has 34 valence electrons. The van der Waals surface area contributed by atoms with Gasteiger partial charge in [0.15, 0.2) is 0 Å². The zero-order chi connectivity index (χ0) is 4.99. The minimum atomic E-state index is 0.977. The van der Waals surface area contributed by atoms with E-state index in [0.29, 0.717) is 0 Å². The highest BCUT2D eigenvalue weighted by atomic mass is 35.5. The Labute approximate surface area is 43.1 Å². The summed E-state index contributed by atoms with van der Waals surface area (Å²) in [6.07, 6.45) is 1.74. The van der Waals surface area contributed by atoms with Crippen molar-refractivity contribution >= 4 is 11.6 Å². The van der Waals surface area contributed by atoms with Gasteiger partial charge in [-0.1, -0.05) is 23.8 Å². The van der Waals surface area contributed by atoms with E-state index >= 15 is 0 Å². The van der Waals surface area contributed by atoms with Gasteiger partial charge in [-0.15, -0.1) is 0 Å². The fourth-order valence-corrected chi connectivity index (χ4v) is 0.323. The fraction of sp³-hybridized carbons (Fsp3) is 0.200. The Morgan fingerprint density at radius 3 is 2.33 bits per heavy atom. The van der Waals surface area contributed by atoms with Gasteiger partial charge in [0, 0.05) is 5.54 Å².